The SMILES string of the molecule is C#CCN1C(=O)COc2cc(F)c(-n3c(=O)cc(C(F)(F)F)[nH]c3=S)cc21. The van der Waals surface area contributed by atoms with E-state index in [1.54, 1.807) is 0 Å². The van der Waals surface area contributed by atoms with Crippen molar-refractivity contribution in [3.63, 3.8) is 0 Å². The molecular formula is C16H9F4N3O3S. The quantitative estimate of drug-likeness (QED) is 0.479. The molecule has 0 saturated heterocycles. The third-order valence-electron chi connectivity index (χ3n) is 3.70. The summed E-state index contributed by atoms with van der Waals surface area (Å²) < 4.78 is 57.9. The van der Waals surface area contributed by atoms with E-state index in [-0.39, 0.29) is 30.7 Å². The number of anilines is 1. The van der Waals surface area contributed by atoms with Crippen LogP contribution in [0.1, 0.15) is 5.69 Å². The second-order valence-corrected chi connectivity index (χ2v) is 5.79. The van der Waals surface area contributed by atoms with Crippen LogP contribution < -0.4 is 15.2 Å². The molecule has 27 heavy (non-hydrogen) atoms. The normalized spacial score (nSPS) is 13.7. The standard InChI is InChI=1S/C16H9F4N3O3S/c1-2-3-22-10-5-9(8(17)4-11(10)26-7-14(22)25)23-13(24)6-12(16(18,19)20)21-15(23)27/h1,4-6H,3,7H2,(H,21,27). The van der Waals surface area contributed by atoms with E-state index in [4.69, 9.17) is 23.4 Å². The lowest BCUT2D eigenvalue weighted by molar-refractivity contribution is -0.141. The first kappa shape index (κ1) is 18.7. The van der Waals surface area contributed by atoms with Crippen molar-refractivity contribution in [2.24, 2.45) is 0 Å². The van der Waals surface area contributed by atoms with Crippen LogP contribution in [-0.4, -0.2) is 28.6 Å². The van der Waals surface area contributed by atoms with Gasteiger partial charge in [-0.15, -0.1) is 6.42 Å². The van der Waals surface area contributed by atoms with Gasteiger partial charge in [0, 0.05) is 12.1 Å². The molecule has 2 heterocycles. The number of fused-ring (bicyclic) bond motifs is 1. The van der Waals surface area contributed by atoms with Crippen LogP contribution in [0.2, 0.25) is 0 Å². The fourth-order valence-electron chi connectivity index (χ4n) is 2.52. The van der Waals surface area contributed by atoms with Crippen LogP contribution in [0.3, 0.4) is 0 Å². The predicted octanol–water partition coefficient (Wildman–Crippen LogP) is 2.41. The fraction of sp³-hybridized carbons (Fsp3) is 0.188. The Morgan fingerprint density at radius 1 is 1.26 bits per heavy atom. The molecule has 0 fully saturated rings. The minimum absolute atomic E-state index is 0.000888. The van der Waals surface area contributed by atoms with Crippen molar-refractivity contribution < 1.29 is 27.1 Å². The Kier molecular flexibility index (Phi) is 4.52. The van der Waals surface area contributed by atoms with Gasteiger partial charge in [-0.05, 0) is 18.3 Å². The summed E-state index contributed by atoms with van der Waals surface area (Å²) in [6.45, 7) is -0.497. The molecule has 1 amide bonds. The fourth-order valence-corrected chi connectivity index (χ4v) is 2.82. The Morgan fingerprint density at radius 3 is 2.56 bits per heavy atom. The number of ether oxygens (including phenoxy) is 1. The molecule has 140 valence electrons. The Hall–Kier alpha value is -3.13. The number of carbonyl (C=O) groups is 1. The molecule has 3 rings (SSSR count). The van der Waals surface area contributed by atoms with Crippen LogP contribution in [0.25, 0.3) is 5.69 Å². The van der Waals surface area contributed by atoms with Gasteiger partial charge in [-0.1, -0.05) is 5.92 Å². The van der Waals surface area contributed by atoms with E-state index in [0.29, 0.717) is 4.57 Å². The van der Waals surface area contributed by atoms with Crippen molar-refractivity contribution in [3.05, 3.63) is 44.8 Å². The largest absolute Gasteiger partial charge is 0.481 e. The Morgan fingerprint density at radius 2 is 1.96 bits per heavy atom. The topological polar surface area (TPSA) is 67.3 Å². The van der Waals surface area contributed by atoms with Crippen LogP contribution in [-0.2, 0) is 11.0 Å². The Labute approximate surface area is 154 Å². The van der Waals surface area contributed by atoms with Crippen LogP contribution in [0, 0.1) is 22.9 Å². The number of nitrogens with zero attached hydrogens (tertiary/aromatic N) is 2. The van der Waals surface area contributed by atoms with Gasteiger partial charge in [0.25, 0.3) is 11.5 Å². The zero-order chi connectivity index (χ0) is 19.9. The van der Waals surface area contributed by atoms with E-state index in [0.717, 1.165) is 17.0 Å². The molecule has 1 N–H and O–H groups in total. The molecule has 1 aliphatic heterocycles. The number of H-pyrrole nitrogens is 1. The second-order valence-electron chi connectivity index (χ2n) is 5.40. The van der Waals surface area contributed by atoms with Crippen LogP contribution >= 0.6 is 12.2 Å². The van der Waals surface area contributed by atoms with Gasteiger partial charge < -0.3 is 9.72 Å². The van der Waals surface area contributed by atoms with Gasteiger partial charge in [0.1, 0.15) is 11.4 Å². The number of terminal acetylenes is 1. The summed E-state index contributed by atoms with van der Waals surface area (Å²) in [5.41, 5.74) is -2.94. The van der Waals surface area contributed by atoms with E-state index >= 15 is 0 Å². The molecule has 0 saturated carbocycles. The average molecular weight is 399 g/mol. The van der Waals surface area contributed by atoms with Crippen molar-refractivity contribution in [2.45, 2.75) is 6.18 Å². The molecule has 0 aliphatic carbocycles. The number of alkyl halides is 3. The summed E-state index contributed by atoms with van der Waals surface area (Å²) in [7, 11) is 0. The number of nitrogens with one attached hydrogen (secondary N) is 1. The lowest BCUT2D eigenvalue weighted by Crippen LogP contribution is -2.39. The zero-order valence-corrected chi connectivity index (χ0v) is 14.1. The summed E-state index contributed by atoms with van der Waals surface area (Å²) in [6.07, 6.45) is 0.392. The van der Waals surface area contributed by atoms with Crippen LogP contribution in [0.15, 0.2) is 23.0 Å². The molecule has 0 radical (unpaired) electrons. The molecule has 0 unspecified atom stereocenters. The van der Waals surface area contributed by atoms with Crippen LogP contribution in [0.4, 0.5) is 23.2 Å². The summed E-state index contributed by atoms with van der Waals surface area (Å²) in [6, 6.07) is 2.23. The number of carbonyl (C=O) groups excluding carboxylic acids is 1. The smallest absolute Gasteiger partial charge is 0.431 e. The lowest BCUT2D eigenvalue weighted by Gasteiger charge is -2.28. The molecule has 0 bridgehead atoms. The average Bonchev–Trinajstić information content (AvgIpc) is 2.57. The van der Waals surface area contributed by atoms with Crippen molar-refractivity contribution in [3.8, 4) is 23.8 Å². The third kappa shape index (κ3) is 3.31. The first-order valence-electron chi connectivity index (χ1n) is 7.27. The van der Waals surface area contributed by atoms with Crippen molar-refractivity contribution in [1.82, 2.24) is 9.55 Å². The van der Waals surface area contributed by atoms with Gasteiger partial charge in [-0.25, -0.2) is 4.39 Å². The summed E-state index contributed by atoms with van der Waals surface area (Å²) >= 11 is 4.79. The van der Waals surface area contributed by atoms with Gasteiger partial charge >= 0.3 is 6.18 Å². The summed E-state index contributed by atoms with van der Waals surface area (Å²) in [5, 5.41) is 0. The maximum atomic E-state index is 14.5. The monoisotopic (exact) mass is 399 g/mol. The number of hydrogen-bond acceptors (Lipinski definition) is 4. The van der Waals surface area contributed by atoms with E-state index in [2.05, 4.69) is 5.92 Å². The molecule has 0 spiro atoms. The second kappa shape index (κ2) is 6.55. The van der Waals surface area contributed by atoms with Crippen molar-refractivity contribution in [2.75, 3.05) is 18.1 Å². The predicted molar refractivity (Wildman–Crippen MR) is 88.9 cm³/mol. The number of halogens is 4. The molecule has 0 atom stereocenters. The Balaban J connectivity index is 2.23. The van der Waals surface area contributed by atoms with E-state index < -0.39 is 39.6 Å². The molecule has 1 aliphatic rings. The highest BCUT2D eigenvalue weighted by Crippen LogP contribution is 2.35. The number of benzene rings is 1. The minimum atomic E-state index is -4.83. The van der Waals surface area contributed by atoms with Gasteiger partial charge in [0.05, 0.1) is 17.9 Å². The highest BCUT2D eigenvalue weighted by atomic mass is 32.1. The maximum Gasteiger partial charge on any atom is 0.431 e. The van der Waals surface area contributed by atoms with Gasteiger partial charge in [-0.2, -0.15) is 13.2 Å². The van der Waals surface area contributed by atoms with Gasteiger partial charge in [-0.3, -0.25) is 19.1 Å². The van der Waals surface area contributed by atoms with Crippen molar-refractivity contribution in [1.29, 1.82) is 0 Å². The molecule has 6 nitrogen and oxygen atoms in total. The molecule has 1 aromatic carbocycles. The lowest BCUT2D eigenvalue weighted by atomic mass is 10.2. The van der Waals surface area contributed by atoms with Gasteiger partial charge in [0.15, 0.2) is 17.2 Å². The summed E-state index contributed by atoms with van der Waals surface area (Å²) in [4.78, 5) is 27.1. The molecule has 2 aromatic rings. The first-order valence-corrected chi connectivity index (χ1v) is 7.68. The Bertz CT molecular complexity index is 1070. The maximum absolute atomic E-state index is 14.5. The minimum Gasteiger partial charge on any atom is -0.481 e. The van der Waals surface area contributed by atoms with E-state index in [1.807, 2.05) is 4.98 Å². The number of rotatable bonds is 2. The highest BCUT2D eigenvalue weighted by Gasteiger charge is 2.33. The number of hydrogen-bond donors (Lipinski definition) is 1. The van der Waals surface area contributed by atoms with Crippen LogP contribution in [0.5, 0.6) is 5.75 Å². The van der Waals surface area contributed by atoms with Crippen molar-refractivity contribution >= 4 is 23.8 Å². The number of aromatic amines is 1. The number of aromatic nitrogens is 2. The first-order chi connectivity index (χ1) is 12.6. The number of amides is 1. The van der Waals surface area contributed by atoms with Gasteiger partial charge in [0.2, 0.25) is 0 Å². The molecule has 11 heteroatoms. The van der Waals surface area contributed by atoms with E-state index in [9.17, 15) is 27.2 Å². The zero-order valence-electron chi connectivity index (χ0n) is 13.3. The third-order valence-corrected chi connectivity index (χ3v) is 3.98. The highest BCUT2D eigenvalue weighted by molar-refractivity contribution is 7.71. The molecular weight excluding hydrogens is 390 g/mol. The van der Waals surface area contributed by atoms with E-state index in [1.165, 1.54) is 0 Å². The molecule has 1 aromatic heterocycles. The summed E-state index contributed by atoms with van der Waals surface area (Å²) in [5.74, 6) is 0.787.